The fourth-order valence-electron chi connectivity index (χ4n) is 4.97. The Morgan fingerprint density at radius 2 is 1.91 bits per heavy atom. The number of benzene rings is 2. The van der Waals surface area contributed by atoms with Gasteiger partial charge >= 0.3 is 0 Å². The molecule has 0 bridgehead atoms. The highest BCUT2D eigenvalue weighted by atomic mass is 16.5. The number of carbonyl (C=O) groups excluding carboxylic acids is 2. The van der Waals surface area contributed by atoms with Crippen molar-refractivity contribution in [2.45, 2.75) is 38.1 Å². The van der Waals surface area contributed by atoms with E-state index in [1.807, 2.05) is 58.0 Å². The van der Waals surface area contributed by atoms with Gasteiger partial charge in [-0.05, 0) is 43.2 Å². The number of rotatable bonds is 6. The highest BCUT2D eigenvalue weighted by Gasteiger charge is 2.35. The Bertz CT molecular complexity index is 1370. The Hall–Kier alpha value is -4.01. The largest absolute Gasteiger partial charge is 0.343 e. The van der Waals surface area contributed by atoms with E-state index in [9.17, 15) is 9.59 Å². The van der Waals surface area contributed by atoms with Gasteiger partial charge in [-0.15, -0.1) is 0 Å². The zero-order valence-corrected chi connectivity index (χ0v) is 19.3. The van der Waals surface area contributed by atoms with Crippen LogP contribution in [0.2, 0.25) is 0 Å². The molecule has 0 radical (unpaired) electrons. The van der Waals surface area contributed by atoms with Crippen molar-refractivity contribution in [3.05, 3.63) is 60.7 Å². The fourth-order valence-corrected chi connectivity index (χ4v) is 4.97. The van der Waals surface area contributed by atoms with Crippen LogP contribution in [0, 0.1) is 0 Å². The summed E-state index contributed by atoms with van der Waals surface area (Å²) in [5.74, 6) is 1.07. The number of aryl methyl sites for hydroxylation is 1. The Morgan fingerprint density at radius 1 is 1.09 bits per heavy atom. The van der Waals surface area contributed by atoms with E-state index in [-0.39, 0.29) is 17.7 Å². The minimum Gasteiger partial charge on any atom is -0.343 e. The van der Waals surface area contributed by atoms with Crippen molar-refractivity contribution in [1.29, 1.82) is 0 Å². The van der Waals surface area contributed by atoms with Crippen molar-refractivity contribution in [3.8, 4) is 11.4 Å². The third-order valence-electron chi connectivity index (χ3n) is 6.89. The molecule has 9 heteroatoms. The monoisotopic (exact) mass is 470 g/mol. The molecule has 9 nitrogen and oxygen atoms in total. The van der Waals surface area contributed by atoms with Gasteiger partial charge in [-0.25, -0.2) is 4.98 Å². The van der Waals surface area contributed by atoms with Gasteiger partial charge in [-0.2, -0.15) is 4.98 Å². The number of carbonyl (C=O) groups is 2. The van der Waals surface area contributed by atoms with Crippen LogP contribution >= 0.6 is 0 Å². The highest BCUT2D eigenvalue weighted by molar-refractivity contribution is 5.96. The number of amides is 2. The first-order valence-electron chi connectivity index (χ1n) is 12.1. The smallest absolute Gasteiger partial charge is 0.232 e. The molecule has 35 heavy (non-hydrogen) atoms. The van der Waals surface area contributed by atoms with Gasteiger partial charge in [0, 0.05) is 50.3 Å². The zero-order valence-electron chi connectivity index (χ0n) is 19.3. The van der Waals surface area contributed by atoms with Gasteiger partial charge in [-0.3, -0.25) is 9.59 Å². The lowest BCUT2D eigenvalue weighted by Gasteiger charge is -2.15. The summed E-state index contributed by atoms with van der Waals surface area (Å²) in [7, 11) is 0. The second kappa shape index (κ2) is 8.98. The summed E-state index contributed by atoms with van der Waals surface area (Å²) in [6.45, 7) is 2.87. The van der Waals surface area contributed by atoms with Crippen LogP contribution < -0.4 is 4.90 Å². The first-order valence-corrected chi connectivity index (χ1v) is 12.1. The maximum absolute atomic E-state index is 12.6. The second-order valence-electron chi connectivity index (χ2n) is 9.18. The number of anilines is 1. The maximum Gasteiger partial charge on any atom is 0.232 e. The molecule has 0 aliphatic carbocycles. The van der Waals surface area contributed by atoms with Gasteiger partial charge in [-0.1, -0.05) is 23.4 Å². The van der Waals surface area contributed by atoms with Crippen molar-refractivity contribution in [2.75, 3.05) is 24.5 Å². The molecular formula is C26H26N6O3. The molecule has 6 rings (SSSR count). The summed E-state index contributed by atoms with van der Waals surface area (Å²) in [6, 6.07) is 15.5. The SMILES string of the molecule is O=C(CCn1cnc2cc(-c3noc([C@@H]4CC(=O)N(c5ccccc5)C4)n3)ccc21)N1CCCC1. The van der Waals surface area contributed by atoms with Crippen LogP contribution in [0.25, 0.3) is 22.4 Å². The quantitative estimate of drug-likeness (QED) is 0.427. The average Bonchev–Trinajstić information content (AvgIpc) is 3.69. The predicted molar refractivity (Wildman–Crippen MR) is 130 cm³/mol. The van der Waals surface area contributed by atoms with Crippen LogP contribution in [-0.2, 0) is 16.1 Å². The summed E-state index contributed by atoms with van der Waals surface area (Å²) in [4.78, 5) is 37.8. The fraction of sp³-hybridized carbons (Fsp3) is 0.346. The van der Waals surface area contributed by atoms with Crippen LogP contribution in [0.4, 0.5) is 5.69 Å². The number of imidazole rings is 1. The summed E-state index contributed by atoms with van der Waals surface area (Å²) in [6.07, 6.45) is 4.79. The van der Waals surface area contributed by atoms with Gasteiger partial charge in [0.05, 0.1) is 23.3 Å². The minimum absolute atomic E-state index is 0.0520. The summed E-state index contributed by atoms with van der Waals surface area (Å²) in [5.41, 5.74) is 3.46. The molecule has 2 amide bonds. The molecular weight excluding hydrogens is 444 g/mol. The molecule has 0 N–H and O–H groups in total. The molecule has 0 saturated carbocycles. The summed E-state index contributed by atoms with van der Waals surface area (Å²) in [5, 5.41) is 4.17. The van der Waals surface area contributed by atoms with E-state index in [0.29, 0.717) is 37.6 Å². The summed E-state index contributed by atoms with van der Waals surface area (Å²) < 4.78 is 7.57. The number of nitrogens with zero attached hydrogens (tertiary/aromatic N) is 6. The van der Waals surface area contributed by atoms with Crippen molar-refractivity contribution >= 4 is 28.5 Å². The number of hydrogen-bond acceptors (Lipinski definition) is 6. The third kappa shape index (κ3) is 4.18. The second-order valence-corrected chi connectivity index (χ2v) is 9.18. The van der Waals surface area contributed by atoms with Gasteiger partial charge in [0.2, 0.25) is 23.5 Å². The highest BCUT2D eigenvalue weighted by Crippen LogP contribution is 2.32. The van der Waals surface area contributed by atoms with E-state index >= 15 is 0 Å². The Kier molecular flexibility index (Phi) is 5.52. The molecule has 2 aromatic heterocycles. The zero-order chi connectivity index (χ0) is 23.8. The van der Waals surface area contributed by atoms with Crippen molar-refractivity contribution < 1.29 is 14.1 Å². The van der Waals surface area contributed by atoms with E-state index in [4.69, 9.17) is 4.52 Å². The molecule has 2 aromatic carbocycles. The Balaban J connectivity index is 1.15. The van der Waals surface area contributed by atoms with Gasteiger partial charge in [0.1, 0.15) is 0 Å². The van der Waals surface area contributed by atoms with Crippen molar-refractivity contribution in [3.63, 3.8) is 0 Å². The van der Waals surface area contributed by atoms with Crippen molar-refractivity contribution in [1.82, 2.24) is 24.6 Å². The number of aromatic nitrogens is 4. The van der Waals surface area contributed by atoms with E-state index in [1.54, 1.807) is 11.2 Å². The molecule has 2 aliphatic heterocycles. The maximum atomic E-state index is 12.6. The van der Waals surface area contributed by atoms with Crippen LogP contribution in [0.5, 0.6) is 0 Å². The van der Waals surface area contributed by atoms with Crippen LogP contribution in [-0.4, -0.2) is 56.0 Å². The molecule has 2 aliphatic rings. The number of hydrogen-bond donors (Lipinski definition) is 0. The van der Waals surface area contributed by atoms with Crippen LogP contribution in [0.15, 0.2) is 59.4 Å². The predicted octanol–water partition coefficient (Wildman–Crippen LogP) is 3.62. The first kappa shape index (κ1) is 21.5. The number of fused-ring (bicyclic) bond motifs is 1. The molecule has 0 spiro atoms. The van der Waals surface area contributed by atoms with E-state index in [2.05, 4.69) is 15.1 Å². The summed E-state index contributed by atoms with van der Waals surface area (Å²) >= 11 is 0. The lowest BCUT2D eigenvalue weighted by molar-refractivity contribution is -0.130. The standard InChI is InChI=1S/C26H26N6O3/c33-23(30-11-4-5-12-30)10-13-31-17-27-21-14-18(8-9-22(21)31)25-28-26(35-29-25)19-15-24(34)32(16-19)20-6-2-1-3-7-20/h1-3,6-9,14,17,19H,4-5,10-13,15-16H2/t19-/m1/s1. The molecule has 2 saturated heterocycles. The van der Waals surface area contributed by atoms with Gasteiger partial charge < -0.3 is 18.9 Å². The molecule has 0 unspecified atom stereocenters. The van der Waals surface area contributed by atoms with Crippen molar-refractivity contribution in [2.24, 2.45) is 0 Å². The number of para-hydroxylation sites is 1. The topological polar surface area (TPSA) is 97.4 Å². The van der Waals surface area contributed by atoms with Crippen LogP contribution in [0.1, 0.15) is 37.5 Å². The molecule has 1 atom stereocenters. The van der Waals surface area contributed by atoms with E-state index < -0.39 is 0 Å². The number of likely N-dealkylation sites (tertiary alicyclic amines) is 1. The first-order chi connectivity index (χ1) is 17.2. The molecule has 4 heterocycles. The third-order valence-corrected chi connectivity index (χ3v) is 6.89. The molecule has 4 aromatic rings. The lowest BCUT2D eigenvalue weighted by Crippen LogP contribution is -2.28. The lowest BCUT2D eigenvalue weighted by atomic mass is 10.1. The van der Waals surface area contributed by atoms with E-state index in [0.717, 1.165) is 48.2 Å². The van der Waals surface area contributed by atoms with E-state index in [1.165, 1.54) is 0 Å². The minimum atomic E-state index is -0.139. The molecule has 2 fully saturated rings. The Labute approximate surface area is 202 Å². The van der Waals surface area contributed by atoms with Gasteiger partial charge in [0.25, 0.3) is 0 Å². The normalized spacial score (nSPS) is 18.2. The average molecular weight is 471 g/mol. The Morgan fingerprint density at radius 3 is 2.74 bits per heavy atom. The molecule has 178 valence electrons. The van der Waals surface area contributed by atoms with Crippen LogP contribution in [0.3, 0.4) is 0 Å². The van der Waals surface area contributed by atoms with Gasteiger partial charge in [0.15, 0.2) is 0 Å².